The number of carbonyl (C=O) groups is 1. The molecule has 1 aromatic heterocycles. The van der Waals surface area contributed by atoms with Gasteiger partial charge in [-0.3, -0.25) is 4.79 Å². The Balaban J connectivity index is 1.51. The van der Waals surface area contributed by atoms with Crippen molar-refractivity contribution in [3.8, 4) is 0 Å². The van der Waals surface area contributed by atoms with E-state index < -0.39 is 0 Å². The molecular formula is C19H18N2OS. The lowest BCUT2D eigenvalue weighted by molar-refractivity contribution is -0.121. The second-order valence-corrected chi connectivity index (χ2v) is 6.97. The number of aromatic amines is 1. The Morgan fingerprint density at radius 1 is 1.17 bits per heavy atom. The molecule has 4 rings (SSSR count). The predicted octanol–water partition coefficient (Wildman–Crippen LogP) is 4.06. The number of aromatic nitrogens is 1. The fourth-order valence-corrected chi connectivity index (χ4v) is 4.31. The molecule has 116 valence electrons. The number of carbonyl (C=O) groups excluding carboxylic acids is 1. The third-order valence-corrected chi connectivity index (χ3v) is 5.44. The number of amides is 1. The van der Waals surface area contributed by atoms with Crippen LogP contribution in [0.25, 0.3) is 10.9 Å². The topological polar surface area (TPSA) is 44.9 Å². The number of benzene rings is 2. The maximum absolute atomic E-state index is 12.5. The number of nitrogens with one attached hydrogen (secondary N) is 2. The Labute approximate surface area is 139 Å². The Morgan fingerprint density at radius 3 is 2.96 bits per heavy atom. The molecule has 3 nitrogen and oxygen atoms in total. The normalized spacial score (nSPS) is 17.0. The highest BCUT2D eigenvalue weighted by Crippen LogP contribution is 2.35. The molecule has 2 heterocycles. The van der Waals surface area contributed by atoms with E-state index in [1.807, 2.05) is 42.2 Å². The average molecular weight is 322 g/mol. The smallest absolute Gasteiger partial charge is 0.224 e. The number of hydrogen-bond donors (Lipinski definition) is 2. The van der Waals surface area contributed by atoms with E-state index in [4.69, 9.17) is 0 Å². The lowest BCUT2D eigenvalue weighted by atomic mass is 10.0. The molecule has 1 aliphatic rings. The van der Waals surface area contributed by atoms with Crippen molar-refractivity contribution >= 4 is 28.6 Å². The first-order chi connectivity index (χ1) is 11.3. The minimum absolute atomic E-state index is 0.0847. The molecule has 0 spiro atoms. The molecule has 1 aliphatic heterocycles. The number of H-pyrrole nitrogens is 1. The fourth-order valence-electron chi connectivity index (χ4n) is 3.19. The Kier molecular flexibility index (Phi) is 3.83. The molecule has 0 saturated heterocycles. The van der Waals surface area contributed by atoms with Crippen LogP contribution in [0, 0.1) is 0 Å². The molecule has 1 amide bonds. The maximum Gasteiger partial charge on any atom is 0.224 e. The van der Waals surface area contributed by atoms with E-state index in [2.05, 4.69) is 34.6 Å². The highest BCUT2D eigenvalue weighted by atomic mass is 32.2. The van der Waals surface area contributed by atoms with Crippen LogP contribution in [0.5, 0.6) is 0 Å². The van der Waals surface area contributed by atoms with Crippen LogP contribution in [0.1, 0.15) is 23.6 Å². The minimum atomic E-state index is 0.0847. The Morgan fingerprint density at radius 2 is 2.00 bits per heavy atom. The number of thioether (sulfide) groups is 1. The SMILES string of the molecule is O=C(Cc1c[nH]c2ccccc12)N[C@@H]1CCSc2ccccc21. The molecule has 0 unspecified atom stereocenters. The summed E-state index contributed by atoms with van der Waals surface area (Å²) in [7, 11) is 0. The van der Waals surface area contributed by atoms with Gasteiger partial charge in [0, 0.05) is 27.7 Å². The number of rotatable bonds is 3. The first-order valence-corrected chi connectivity index (χ1v) is 8.86. The molecule has 2 aromatic carbocycles. The van der Waals surface area contributed by atoms with E-state index in [1.165, 1.54) is 10.5 Å². The molecule has 3 aromatic rings. The number of hydrogen-bond acceptors (Lipinski definition) is 2. The van der Waals surface area contributed by atoms with Crippen LogP contribution in [-0.4, -0.2) is 16.6 Å². The van der Waals surface area contributed by atoms with Gasteiger partial charge in [0.2, 0.25) is 5.91 Å². The highest BCUT2D eigenvalue weighted by Gasteiger charge is 2.22. The van der Waals surface area contributed by atoms with E-state index in [-0.39, 0.29) is 11.9 Å². The van der Waals surface area contributed by atoms with Crippen molar-refractivity contribution in [3.63, 3.8) is 0 Å². The van der Waals surface area contributed by atoms with Crippen molar-refractivity contribution in [2.75, 3.05) is 5.75 Å². The van der Waals surface area contributed by atoms with Gasteiger partial charge in [0.15, 0.2) is 0 Å². The summed E-state index contributed by atoms with van der Waals surface area (Å²) in [6.07, 6.45) is 3.34. The molecule has 0 radical (unpaired) electrons. The summed E-state index contributed by atoms with van der Waals surface area (Å²) in [5.74, 6) is 1.14. The lowest BCUT2D eigenvalue weighted by Crippen LogP contribution is -2.31. The van der Waals surface area contributed by atoms with Crippen molar-refractivity contribution in [2.45, 2.75) is 23.8 Å². The fraction of sp³-hybridized carbons (Fsp3) is 0.211. The van der Waals surface area contributed by atoms with Crippen LogP contribution in [-0.2, 0) is 11.2 Å². The van der Waals surface area contributed by atoms with Gasteiger partial charge in [-0.25, -0.2) is 0 Å². The van der Waals surface area contributed by atoms with E-state index in [0.29, 0.717) is 6.42 Å². The molecule has 1 atom stereocenters. The lowest BCUT2D eigenvalue weighted by Gasteiger charge is -2.25. The zero-order valence-electron chi connectivity index (χ0n) is 12.7. The van der Waals surface area contributed by atoms with Crippen molar-refractivity contribution in [2.24, 2.45) is 0 Å². The van der Waals surface area contributed by atoms with Crippen molar-refractivity contribution in [1.82, 2.24) is 10.3 Å². The van der Waals surface area contributed by atoms with Crippen LogP contribution in [0.3, 0.4) is 0 Å². The standard InChI is InChI=1S/C19H18N2OS/c22-19(11-13-12-20-16-7-3-1-5-14(13)16)21-17-9-10-23-18-8-4-2-6-15(17)18/h1-8,12,17,20H,9-11H2,(H,21,22)/t17-/m1/s1. The van der Waals surface area contributed by atoms with Gasteiger partial charge in [0.05, 0.1) is 12.5 Å². The monoisotopic (exact) mass is 322 g/mol. The minimum Gasteiger partial charge on any atom is -0.361 e. The van der Waals surface area contributed by atoms with Crippen LogP contribution in [0.4, 0.5) is 0 Å². The van der Waals surface area contributed by atoms with E-state index in [9.17, 15) is 4.79 Å². The summed E-state index contributed by atoms with van der Waals surface area (Å²) < 4.78 is 0. The molecule has 2 N–H and O–H groups in total. The second kappa shape index (κ2) is 6.13. The summed E-state index contributed by atoms with van der Waals surface area (Å²) in [5, 5.41) is 4.34. The van der Waals surface area contributed by atoms with Gasteiger partial charge in [-0.1, -0.05) is 36.4 Å². The molecule has 0 aliphatic carbocycles. The highest BCUT2D eigenvalue weighted by molar-refractivity contribution is 7.99. The number of para-hydroxylation sites is 1. The molecule has 0 fully saturated rings. The van der Waals surface area contributed by atoms with Crippen molar-refractivity contribution < 1.29 is 4.79 Å². The molecule has 23 heavy (non-hydrogen) atoms. The molecule has 4 heteroatoms. The summed E-state index contributed by atoms with van der Waals surface area (Å²) in [4.78, 5) is 17.0. The Bertz CT molecular complexity index is 855. The third kappa shape index (κ3) is 2.86. The zero-order valence-corrected chi connectivity index (χ0v) is 13.5. The van der Waals surface area contributed by atoms with Gasteiger partial charge >= 0.3 is 0 Å². The average Bonchev–Trinajstić information content (AvgIpc) is 2.98. The quantitative estimate of drug-likeness (QED) is 0.763. The summed E-state index contributed by atoms with van der Waals surface area (Å²) in [5.41, 5.74) is 3.38. The van der Waals surface area contributed by atoms with Crippen molar-refractivity contribution in [1.29, 1.82) is 0 Å². The van der Waals surface area contributed by atoms with Gasteiger partial charge in [-0.05, 0) is 29.7 Å². The maximum atomic E-state index is 12.5. The van der Waals surface area contributed by atoms with Gasteiger partial charge in [-0.2, -0.15) is 0 Å². The van der Waals surface area contributed by atoms with Gasteiger partial charge in [-0.15, -0.1) is 11.8 Å². The summed E-state index contributed by atoms with van der Waals surface area (Å²) >= 11 is 1.87. The van der Waals surface area contributed by atoms with Gasteiger partial charge in [0.1, 0.15) is 0 Å². The van der Waals surface area contributed by atoms with Crippen LogP contribution in [0.2, 0.25) is 0 Å². The second-order valence-electron chi connectivity index (χ2n) is 5.83. The molecule has 0 saturated carbocycles. The Hall–Kier alpha value is -2.20. The molecular weight excluding hydrogens is 304 g/mol. The zero-order chi connectivity index (χ0) is 15.6. The van der Waals surface area contributed by atoms with Gasteiger partial charge < -0.3 is 10.3 Å². The van der Waals surface area contributed by atoms with Crippen molar-refractivity contribution in [3.05, 3.63) is 65.9 Å². The van der Waals surface area contributed by atoms with Gasteiger partial charge in [0.25, 0.3) is 0 Å². The first kappa shape index (κ1) is 14.4. The summed E-state index contributed by atoms with van der Waals surface area (Å²) in [6, 6.07) is 16.6. The predicted molar refractivity (Wildman–Crippen MR) is 94.7 cm³/mol. The molecule has 0 bridgehead atoms. The number of fused-ring (bicyclic) bond motifs is 2. The largest absolute Gasteiger partial charge is 0.361 e. The first-order valence-electron chi connectivity index (χ1n) is 7.87. The summed E-state index contributed by atoms with van der Waals surface area (Å²) in [6.45, 7) is 0. The van der Waals surface area contributed by atoms with Crippen LogP contribution < -0.4 is 5.32 Å². The van der Waals surface area contributed by atoms with Crippen LogP contribution in [0.15, 0.2) is 59.6 Å². The van der Waals surface area contributed by atoms with E-state index in [1.54, 1.807) is 0 Å². The van der Waals surface area contributed by atoms with E-state index >= 15 is 0 Å². The van der Waals surface area contributed by atoms with Crippen LogP contribution >= 0.6 is 11.8 Å². The van der Waals surface area contributed by atoms with E-state index in [0.717, 1.165) is 28.6 Å². The third-order valence-electron chi connectivity index (χ3n) is 4.32.